The van der Waals surface area contributed by atoms with Crippen molar-refractivity contribution < 1.29 is 4.74 Å². The number of hydrogen-bond donors (Lipinski definition) is 0. The van der Waals surface area contributed by atoms with Crippen LogP contribution in [0.4, 0.5) is 0 Å². The molecule has 0 aliphatic carbocycles. The molecule has 19 heavy (non-hydrogen) atoms. The molecule has 0 unspecified atom stereocenters. The molecule has 2 nitrogen and oxygen atoms in total. The van der Waals surface area contributed by atoms with Crippen LogP contribution in [0.2, 0.25) is 0 Å². The van der Waals surface area contributed by atoms with Gasteiger partial charge in [-0.2, -0.15) is 0 Å². The molecule has 0 spiro atoms. The maximum absolute atomic E-state index is 6.01. The summed E-state index contributed by atoms with van der Waals surface area (Å²) >= 11 is 0. The van der Waals surface area contributed by atoms with Gasteiger partial charge in [0.2, 0.25) is 0 Å². The van der Waals surface area contributed by atoms with Crippen LogP contribution < -0.4 is 0 Å². The molecule has 0 fully saturated rings. The topological polar surface area (TPSA) is 21.6 Å². The fourth-order valence-corrected chi connectivity index (χ4v) is 2.42. The number of ether oxygens (including phenoxy) is 1. The molecule has 3 rings (SSSR count). The average Bonchev–Trinajstić information content (AvgIpc) is 2.82. The van der Waals surface area contributed by atoms with Gasteiger partial charge in [-0.25, -0.2) is 4.99 Å². The highest BCUT2D eigenvalue weighted by molar-refractivity contribution is 5.80. The van der Waals surface area contributed by atoms with Gasteiger partial charge in [0.05, 0.1) is 6.04 Å². The minimum absolute atomic E-state index is 0.0555. The van der Waals surface area contributed by atoms with Gasteiger partial charge in [-0.3, -0.25) is 0 Å². The number of hydrogen-bond acceptors (Lipinski definition) is 2. The average molecular weight is 251 g/mol. The second-order valence-electron chi connectivity index (χ2n) is 4.87. The molecule has 0 saturated carbocycles. The lowest BCUT2D eigenvalue weighted by Gasteiger charge is -2.15. The van der Waals surface area contributed by atoms with Crippen molar-refractivity contribution in [2.45, 2.75) is 25.5 Å². The largest absolute Gasteiger partial charge is 0.470 e. The van der Waals surface area contributed by atoms with Gasteiger partial charge >= 0.3 is 0 Å². The van der Waals surface area contributed by atoms with E-state index >= 15 is 0 Å². The Bertz CT molecular complexity index is 562. The zero-order valence-electron chi connectivity index (χ0n) is 11.0. The van der Waals surface area contributed by atoms with E-state index in [0.717, 1.165) is 12.3 Å². The zero-order valence-corrected chi connectivity index (χ0v) is 11.0. The van der Waals surface area contributed by atoms with Crippen molar-refractivity contribution in [3.05, 3.63) is 71.8 Å². The molecule has 0 saturated heterocycles. The third-order valence-corrected chi connectivity index (χ3v) is 3.38. The van der Waals surface area contributed by atoms with E-state index in [1.54, 1.807) is 0 Å². The number of aliphatic imine (C=N–C) groups is 1. The molecule has 2 heteroatoms. The van der Waals surface area contributed by atoms with Crippen LogP contribution in [-0.4, -0.2) is 11.9 Å². The maximum atomic E-state index is 6.01. The van der Waals surface area contributed by atoms with Crippen LogP contribution in [0.25, 0.3) is 0 Å². The second kappa shape index (κ2) is 5.27. The van der Waals surface area contributed by atoms with Gasteiger partial charge < -0.3 is 4.74 Å². The van der Waals surface area contributed by atoms with E-state index in [-0.39, 0.29) is 12.1 Å². The van der Waals surface area contributed by atoms with Gasteiger partial charge in [-0.1, -0.05) is 60.7 Å². The van der Waals surface area contributed by atoms with E-state index in [9.17, 15) is 0 Å². The second-order valence-corrected chi connectivity index (χ2v) is 4.87. The predicted octanol–water partition coefficient (Wildman–Crippen LogP) is 3.79. The van der Waals surface area contributed by atoms with Gasteiger partial charge in [0.15, 0.2) is 5.90 Å². The summed E-state index contributed by atoms with van der Waals surface area (Å²) in [6, 6.07) is 20.8. The first-order valence-corrected chi connectivity index (χ1v) is 6.65. The Hall–Kier alpha value is -2.09. The quantitative estimate of drug-likeness (QED) is 0.813. The zero-order chi connectivity index (χ0) is 13.1. The minimum Gasteiger partial charge on any atom is -0.470 e. The number of benzene rings is 2. The molecule has 1 aliphatic heterocycles. The third kappa shape index (κ3) is 2.68. The first-order chi connectivity index (χ1) is 9.33. The minimum atomic E-state index is 0.0555. The molecule has 2 aromatic rings. The molecule has 0 aromatic heterocycles. The van der Waals surface area contributed by atoms with Crippen LogP contribution in [0.15, 0.2) is 65.7 Å². The molecular weight excluding hydrogens is 234 g/mol. The van der Waals surface area contributed by atoms with Crippen molar-refractivity contribution in [1.29, 1.82) is 0 Å². The fourth-order valence-electron chi connectivity index (χ4n) is 2.42. The van der Waals surface area contributed by atoms with Crippen LogP contribution in [0, 0.1) is 0 Å². The molecule has 0 bridgehead atoms. The van der Waals surface area contributed by atoms with Crippen LogP contribution in [0.3, 0.4) is 0 Å². The fraction of sp³-hybridized carbons (Fsp3) is 0.235. The predicted molar refractivity (Wildman–Crippen MR) is 77.3 cm³/mol. The molecule has 1 heterocycles. The Morgan fingerprint density at radius 3 is 2.26 bits per heavy atom. The summed E-state index contributed by atoms with van der Waals surface area (Å²) in [5.74, 6) is 0.840. The lowest BCUT2D eigenvalue weighted by atomic mass is 10.0. The van der Waals surface area contributed by atoms with Crippen LogP contribution in [0.1, 0.15) is 24.2 Å². The van der Waals surface area contributed by atoms with Crippen molar-refractivity contribution in [2.24, 2.45) is 4.99 Å². The Balaban J connectivity index is 1.72. The molecule has 2 atom stereocenters. The van der Waals surface area contributed by atoms with E-state index in [1.807, 2.05) is 36.4 Å². The highest BCUT2D eigenvalue weighted by Crippen LogP contribution is 2.29. The van der Waals surface area contributed by atoms with E-state index in [2.05, 4.69) is 36.2 Å². The van der Waals surface area contributed by atoms with Crippen LogP contribution in [0.5, 0.6) is 0 Å². The maximum Gasteiger partial charge on any atom is 0.188 e. The molecule has 96 valence electrons. The lowest BCUT2D eigenvalue weighted by Crippen LogP contribution is -2.11. The van der Waals surface area contributed by atoms with Gasteiger partial charge in [-0.05, 0) is 18.1 Å². The van der Waals surface area contributed by atoms with Crippen LogP contribution in [-0.2, 0) is 11.2 Å². The lowest BCUT2D eigenvalue weighted by molar-refractivity contribution is 0.198. The molecule has 1 aliphatic rings. The summed E-state index contributed by atoms with van der Waals surface area (Å²) in [5, 5.41) is 0. The Kier molecular flexibility index (Phi) is 3.32. The summed E-state index contributed by atoms with van der Waals surface area (Å²) in [6.07, 6.45) is 0.828. The Morgan fingerprint density at radius 2 is 1.58 bits per heavy atom. The van der Waals surface area contributed by atoms with Crippen molar-refractivity contribution in [1.82, 2.24) is 0 Å². The van der Waals surface area contributed by atoms with Gasteiger partial charge in [0.25, 0.3) is 0 Å². The SMILES string of the molecule is C[C@H]1N=C(Cc2ccccc2)O[C@H]1c1ccccc1. The highest BCUT2D eigenvalue weighted by atomic mass is 16.5. The Labute approximate surface area is 113 Å². The van der Waals surface area contributed by atoms with Crippen molar-refractivity contribution in [3.63, 3.8) is 0 Å². The van der Waals surface area contributed by atoms with E-state index < -0.39 is 0 Å². The summed E-state index contributed by atoms with van der Waals surface area (Å²) in [7, 11) is 0. The summed E-state index contributed by atoms with van der Waals surface area (Å²) < 4.78 is 6.01. The smallest absolute Gasteiger partial charge is 0.188 e. The molecule has 2 aromatic carbocycles. The first-order valence-electron chi connectivity index (χ1n) is 6.65. The monoisotopic (exact) mass is 251 g/mol. The highest BCUT2D eigenvalue weighted by Gasteiger charge is 2.28. The molecule has 0 radical (unpaired) electrons. The van der Waals surface area contributed by atoms with Crippen molar-refractivity contribution in [3.8, 4) is 0 Å². The van der Waals surface area contributed by atoms with Crippen LogP contribution >= 0.6 is 0 Å². The van der Waals surface area contributed by atoms with Crippen molar-refractivity contribution in [2.75, 3.05) is 0 Å². The first kappa shape index (κ1) is 12.0. The number of nitrogens with zero attached hydrogens (tertiary/aromatic N) is 1. The van der Waals surface area contributed by atoms with E-state index in [4.69, 9.17) is 4.74 Å². The van der Waals surface area contributed by atoms with Gasteiger partial charge in [0.1, 0.15) is 6.10 Å². The van der Waals surface area contributed by atoms with E-state index in [0.29, 0.717) is 0 Å². The molecular formula is C17H17NO. The van der Waals surface area contributed by atoms with Gasteiger partial charge in [0, 0.05) is 6.42 Å². The summed E-state index contributed by atoms with van der Waals surface area (Å²) in [6.45, 7) is 2.11. The third-order valence-electron chi connectivity index (χ3n) is 3.38. The van der Waals surface area contributed by atoms with Crippen molar-refractivity contribution >= 4 is 5.90 Å². The van der Waals surface area contributed by atoms with Gasteiger partial charge in [-0.15, -0.1) is 0 Å². The standard InChI is InChI=1S/C17H17NO/c1-13-17(15-10-6-3-7-11-15)19-16(18-13)12-14-8-4-2-5-9-14/h2-11,13,17H,12H2,1H3/t13-,17-/m1/s1. The van der Waals surface area contributed by atoms with E-state index in [1.165, 1.54) is 11.1 Å². The normalized spacial score (nSPS) is 21.8. The summed E-state index contributed by atoms with van der Waals surface area (Å²) in [4.78, 5) is 4.64. The number of rotatable bonds is 3. The Morgan fingerprint density at radius 1 is 0.947 bits per heavy atom. The molecule has 0 amide bonds. The molecule has 0 N–H and O–H groups in total. The summed E-state index contributed by atoms with van der Waals surface area (Å²) in [5.41, 5.74) is 2.43.